The van der Waals surface area contributed by atoms with Crippen LogP contribution in [0.2, 0.25) is 0 Å². The number of carbonyl (C=O) groups is 2. The fourth-order valence-electron chi connectivity index (χ4n) is 1.06. The van der Waals surface area contributed by atoms with Gasteiger partial charge in [0.2, 0.25) is 0 Å². The molecule has 0 radical (unpaired) electrons. The number of cyclic esters (lactones) is 2. The molecular formula is C13H12O3. The van der Waals surface area contributed by atoms with Crippen molar-refractivity contribution < 1.29 is 14.3 Å². The highest BCUT2D eigenvalue weighted by atomic mass is 16.6. The molecule has 0 spiro atoms. The number of esters is 2. The molecule has 3 nitrogen and oxygen atoms in total. The largest absolute Gasteiger partial charge is 0.387 e. The predicted molar refractivity (Wildman–Crippen MR) is 61.4 cm³/mol. The van der Waals surface area contributed by atoms with Crippen molar-refractivity contribution in [3.8, 4) is 0 Å². The molecule has 0 aliphatic carbocycles. The number of hydrogen-bond donors (Lipinski definition) is 0. The summed E-state index contributed by atoms with van der Waals surface area (Å²) in [5.74, 6) is -1.16. The van der Waals surface area contributed by atoms with Crippen LogP contribution in [-0.2, 0) is 14.3 Å². The Morgan fingerprint density at radius 2 is 1.56 bits per heavy atom. The Kier molecular flexibility index (Phi) is 4.73. The van der Waals surface area contributed by atoms with Crippen LogP contribution < -0.4 is 0 Å². The van der Waals surface area contributed by atoms with Gasteiger partial charge in [-0.15, -0.1) is 0 Å². The minimum Gasteiger partial charge on any atom is -0.387 e. The third-order valence-corrected chi connectivity index (χ3v) is 1.72. The molecule has 2 rings (SSSR count). The van der Waals surface area contributed by atoms with Gasteiger partial charge in [-0.25, -0.2) is 9.59 Å². The lowest BCUT2D eigenvalue weighted by atomic mass is 10.2. The molecule has 16 heavy (non-hydrogen) atoms. The second-order valence-corrected chi connectivity index (χ2v) is 2.98. The zero-order valence-corrected chi connectivity index (χ0v) is 8.92. The van der Waals surface area contributed by atoms with E-state index in [1.807, 2.05) is 31.2 Å². The Morgan fingerprint density at radius 3 is 1.94 bits per heavy atom. The van der Waals surface area contributed by atoms with Crippen LogP contribution in [0.5, 0.6) is 0 Å². The van der Waals surface area contributed by atoms with Crippen molar-refractivity contribution in [2.24, 2.45) is 0 Å². The van der Waals surface area contributed by atoms with E-state index >= 15 is 0 Å². The van der Waals surface area contributed by atoms with Crippen molar-refractivity contribution in [1.82, 2.24) is 0 Å². The molecule has 82 valence electrons. The summed E-state index contributed by atoms with van der Waals surface area (Å²) >= 11 is 0. The van der Waals surface area contributed by atoms with Crippen LogP contribution in [0.15, 0.2) is 48.6 Å². The molecule has 0 amide bonds. The van der Waals surface area contributed by atoms with Gasteiger partial charge in [-0.1, -0.05) is 42.5 Å². The number of allylic oxidation sites excluding steroid dienone is 1. The molecule has 0 aromatic heterocycles. The normalized spacial score (nSPS) is 13.6. The second kappa shape index (κ2) is 6.35. The second-order valence-electron chi connectivity index (χ2n) is 2.98. The van der Waals surface area contributed by atoms with Crippen LogP contribution in [0.1, 0.15) is 12.5 Å². The van der Waals surface area contributed by atoms with E-state index in [2.05, 4.69) is 22.9 Å². The Labute approximate surface area is 94.0 Å². The van der Waals surface area contributed by atoms with Gasteiger partial charge in [0, 0.05) is 12.2 Å². The quantitative estimate of drug-likeness (QED) is 0.534. The Bertz CT molecular complexity index is 400. The molecule has 0 saturated heterocycles. The minimum absolute atomic E-state index is 0.579. The maximum atomic E-state index is 9.92. The molecule has 0 saturated carbocycles. The predicted octanol–water partition coefficient (Wildman–Crippen LogP) is 2.35. The molecule has 1 aromatic carbocycles. The first-order valence-corrected chi connectivity index (χ1v) is 4.84. The molecule has 1 aliphatic rings. The van der Waals surface area contributed by atoms with Gasteiger partial charge in [-0.3, -0.25) is 0 Å². The van der Waals surface area contributed by atoms with Gasteiger partial charge < -0.3 is 4.74 Å². The smallest absolute Gasteiger partial charge is 0.338 e. The van der Waals surface area contributed by atoms with Crippen LogP contribution >= 0.6 is 0 Å². The van der Waals surface area contributed by atoms with Crippen LogP contribution in [0.25, 0.3) is 6.08 Å². The van der Waals surface area contributed by atoms with Crippen molar-refractivity contribution in [2.45, 2.75) is 6.92 Å². The summed E-state index contributed by atoms with van der Waals surface area (Å²) < 4.78 is 3.97. The first-order valence-electron chi connectivity index (χ1n) is 4.84. The molecule has 3 heteroatoms. The Morgan fingerprint density at radius 1 is 1.00 bits per heavy atom. The number of carbonyl (C=O) groups excluding carboxylic acids is 2. The molecule has 1 aromatic rings. The van der Waals surface area contributed by atoms with Crippen LogP contribution in [0, 0.1) is 0 Å². The van der Waals surface area contributed by atoms with Gasteiger partial charge in [-0.2, -0.15) is 0 Å². The molecule has 1 heterocycles. The van der Waals surface area contributed by atoms with Gasteiger partial charge in [0.1, 0.15) is 0 Å². The highest BCUT2D eigenvalue weighted by Crippen LogP contribution is 1.99. The summed E-state index contributed by atoms with van der Waals surface area (Å²) in [5.41, 5.74) is 1.26. The van der Waals surface area contributed by atoms with Gasteiger partial charge in [0.15, 0.2) is 0 Å². The average Bonchev–Trinajstić information content (AvgIpc) is 2.65. The Balaban J connectivity index is 0.000000165. The molecule has 1 aliphatic heterocycles. The van der Waals surface area contributed by atoms with Crippen molar-refractivity contribution in [3.05, 3.63) is 54.1 Å². The maximum absolute atomic E-state index is 9.92. The molecule has 0 N–H and O–H groups in total. The Hall–Kier alpha value is -2.16. The number of rotatable bonds is 1. The van der Waals surface area contributed by atoms with Gasteiger partial charge in [0.25, 0.3) is 0 Å². The van der Waals surface area contributed by atoms with Crippen molar-refractivity contribution in [1.29, 1.82) is 0 Å². The summed E-state index contributed by atoms with van der Waals surface area (Å²) in [7, 11) is 0. The van der Waals surface area contributed by atoms with Gasteiger partial charge in [0.05, 0.1) is 0 Å². The highest BCUT2D eigenvalue weighted by molar-refractivity contribution is 6.04. The summed E-state index contributed by atoms with van der Waals surface area (Å²) in [6.45, 7) is 2.02. The lowest BCUT2D eigenvalue weighted by molar-refractivity contribution is -0.150. The first kappa shape index (κ1) is 11.9. The zero-order chi connectivity index (χ0) is 11.8. The summed E-state index contributed by atoms with van der Waals surface area (Å²) in [5, 5.41) is 0. The number of hydrogen-bond acceptors (Lipinski definition) is 3. The van der Waals surface area contributed by atoms with Crippen LogP contribution in [-0.4, -0.2) is 11.9 Å². The van der Waals surface area contributed by atoms with E-state index in [4.69, 9.17) is 0 Å². The average molecular weight is 216 g/mol. The van der Waals surface area contributed by atoms with Crippen molar-refractivity contribution >= 4 is 18.0 Å². The van der Waals surface area contributed by atoms with Crippen molar-refractivity contribution in [3.63, 3.8) is 0 Å². The molecule has 0 bridgehead atoms. The molecular weight excluding hydrogens is 204 g/mol. The molecule has 0 fully saturated rings. The maximum Gasteiger partial charge on any atom is 0.338 e. The van der Waals surface area contributed by atoms with Crippen molar-refractivity contribution in [2.75, 3.05) is 0 Å². The third-order valence-electron chi connectivity index (χ3n) is 1.72. The topological polar surface area (TPSA) is 43.4 Å². The van der Waals surface area contributed by atoms with E-state index < -0.39 is 11.9 Å². The van der Waals surface area contributed by atoms with Crippen LogP contribution in [0.4, 0.5) is 0 Å². The number of benzene rings is 1. The standard InChI is InChI=1S/C9H10.C4H2O3/c1-2-6-9-7-4-3-5-8-9;5-3-1-2-4(6)7-3/h2-8H,1H3;1-2H. The fraction of sp³-hybridized carbons (Fsp3) is 0.0769. The zero-order valence-electron chi connectivity index (χ0n) is 8.92. The summed E-state index contributed by atoms with van der Waals surface area (Å²) in [6.07, 6.45) is 6.29. The van der Waals surface area contributed by atoms with E-state index in [9.17, 15) is 9.59 Å². The van der Waals surface area contributed by atoms with E-state index in [-0.39, 0.29) is 0 Å². The fourth-order valence-corrected chi connectivity index (χ4v) is 1.06. The molecule has 0 unspecified atom stereocenters. The molecule has 0 atom stereocenters. The van der Waals surface area contributed by atoms with Gasteiger partial charge in [-0.05, 0) is 12.5 Å². The van der Waals surface area contributed by atoms with Gasteiger partial charge >= 0.3 is 11.9 Å². The highest BCUT2D eigenvalue weighted by Gasteiger charge is 2.10. The van der Waals surface area contributed by atoms with E-state index in [0.717, 1.165) is 12.2 Å². The van der Waals surface area contributed by atoms with E-state index in [1.54, 1.807) is 0 Å². The lowest BCUT2D eigenvalue weighted by Crippen LogP contribution is -1.96. The summed E-state index contributed by atoms with van der Waals surface area (Å²) in [4.78, 5) is 19.8. The SMILES string of the molecule is CC=Cc1ccccc1.O=C1C=CC(=O)O1. The number of ether oxygens (including phenoxy) is 1. The van der Waals surface area contributed by atoms with E-state index in [1.165, 1.54) is 5.56 Å². The van der Waals surface area contributed by atoms with E-state index in [0.29, 0.717) is 0 Å². The third kappa shape index (κ3) is 4.37. The minimum atomic E-state index is -0.579. The first-order chi connectivity index (χ1) is 7.72. The van der Waals surface area contributed by atoms with Crippen LogP contribution in [0.3, 0.4) is 0 Å². The summed E-state index contributed by atoms with van der Waals surface area (Å²) in [6, 6.07) is 10.3. The lowest BCUT2D eigenvalue weighted by Gasteiger charge is -1.86. The monoisotopic (exact) mass is 216 g/mol.